The molecule has 2 amide bonds. The summed E-state index contributed by atoms with van der Waals surface area (Å²) in [6, 6.07) is 6.27. The highest BCUT2D eigenvalue weighted by Gasteiger charge is 2.13. The molecule has 1 N–H and O–H groups in total. The van der Waals surface area contributed by atoms with Crippen LogP contribution in [0, 0.1) is 19.7 Å². The van der Waals surface area contributed by atoms with Crippen LogP contribution in [0.15, 0.2) is 30.5 Å². The topological polar surface area (TPSA) is 71.5 Å². The molecule has 0 aliphatic heterocycles. The van der Waals surface area contributed by atoms with Crippen molar-refractivity contribution in [3.05, 3.63) is 58.0 Å². The highest BCUT2D eigenvalue weighted by molar-refractivity contribution is 6.31. The molecule has 150 valence electrons. The third-order valence-corrected chi connectivity index (χ3v) is 4.75. The molecule has 1 heterocycles. The molecule has 0 atom stereocenters. The molecule has 0 bridgehead atoms. The maximum atomic E-state index is 13.4. The monoisotopic (exact) mass is 407 g/mol. The summed E-state index contributed by atoms with van der Waals surface area (Å²) in [4.78, 5) is 29.5. The van der Waals surface area contributed by atoms with Gasteiger partial charge in [-0.15, -0.1) is 0 Å². The summed E-state index contributed by atoms with van der Waals surface area (Å²) >= 11 is 5.89. The number of aromatic nitrogens is 1. The first kappa shape index (κ1) is 21.6. The largest absolute Gasteiger partial charge is 0.447 e. The SMILES string of the molecule is Cc1cnc(NC(=O)OCCN(C)C(=O)CCc2cccc(F)c2Cl)cc1C. The number of nitrogens with zero attached hydrogens (tertiary/aromatic N) is 2. The highest BCUT2D eigenvalue weighted by Crippen LogP contribution is 2.21. The number of pyridine rings is 1. The predicted octanol–water partition coefficient (Wildman–Crippen LogP) is 4.13. The van der Waals surface area contributed by atoms with Crippen LogP contribution in [0.5, 0.6) is 0 Å². The predicted molar refractivity (Wildman–Crippen MR) is 106 cm³/mol. The minimum absolute atomic E-state index is 0.0397. The molecule has 0 aliphatic rings. The van der Waals surface area contributed by atoms with Crippen molar-refractivity contribution in [3.63, 3.8) is 0 Å². The lowest BCUT2D eigenvalue weighted by Gasteiger charge is -2.17. The van der Waals surface area contributed by atoms with Crippen LogP contribution in [-0.4, -0.2) is 42.1 Å². The molecule has 1 aromatic heterocycles. The van der Waals surface area contributed by atoms with E-state index in [1.165, 1.54) is 11.0 Å². The Morgan fingerprint density at radius 2 is 2.04 bits per heavy atom. The smallest absolute Gasteiger partial charge is 0.412 e. The van der Waals surface area contributed by atoms with Gasteiger partial charge in [-0.2, -0.15) is 0 Å². The van der Waals surface area contributed by atoms with Gasteiger partial charge in [0.25, 0.3) is 0 Å². The third kappa shape index (κ3) is 6.20. The Morgan fingerprint density at radius 1 is 1.29 bits per heavy atom. The second-order valence-electron chi connectivity index (χ2n) is 6.44. The van der Waals surface area contributed by atoms with Crippen LogP contribution in [0.1, 0.15) is 23.1 Å². The van der Waals surface area contributed by atoms with Gasteiger partial charge in [-0.05, 0) is 49.1 Å². The summed E-state index contributed by atoms with van der Waals surface area (Å²) in [5, 5.41) is 2.58. The maximum absolute atomic E-state index is 13.4. The van der Waals surface area contributed by atoms with Gasteiger partial charge in [-0.25, -0.2) is 14.2 Å². The lowest BCUT2D eigenvalue weighted by atomic mass is 10.1. The number of benzene rings is 1. The van der Waals surface area contributed by atoms with E-state index in [2.05, 4.69) is 10.3 Å². The number of carbonyl (C=O) groups excluding carboxylic acids is 2. The fourth-order valence-corrected chi connectivity index (χ4v) is 2.63. The van der Waals surface area contributed by atoms with Crippen LogP contribution in [-0.2, 0) is 16.0 Å². The first-order valence-corrected chi connectivity index (χ1v) is 9.19. The number of nitrogens with one attached hydrogen (secondary N) is 1. The van der Waals surface area contributed by atoms with Gasteiger partial charge in [0.05, 0.1) is 11.6 Å². The van der Waals surface area contributed by atoms with E-state index in [0.29, 0.717) is 17.8 Å². The average Bonchev–Trinajstić information content (AvgIpc) is 2.65. The lowest BCUT2D eigenvalue weighted by Crippen LogP contribution is -2.31. The van der Waals surface area contributed by atoms with Gasteiger partial charge >= 0.3 is 6.09 Å². The van der Waals surface area contributed by atoms with E-state index in [-0.39, 0.29) is 30.5 Å². The summed E-state index contributed by atoms with van der Waals surface area (Å²) in [7, 11) is 1.61. The Labute approximate surface area is 168 Å². The van der Waals surface area contributed by atoms with Gasteiger partial charge in [0.2, 0.25) is 5.91 Å². The van der Waals surface area contributed by atoms with E-state index >= 15 is 0 Å². The Hall–Kier alpha value is -2.67. The molecular formula is C20H23ClFN3O3. The standard InChI is InChI=1S/C20H23ClFN3O3/c1-13-11-17(23-12-14(13)2)24-20(27)28-10-9-25(3)18(26)8-7-15-5-4-6-16(22)19(15)21/h4-6,11-12H,7-10H2,1-3H3,(H,23,24,27). The van der Waals surface area contributed by atoms with Crippen molar-refractivity contribution >= 4 is 29.4 Å². The number of ether oxygens (including phenoxy) is 1. The fraction of sp³-hybridized carbons (Fsp3) is 0.350. The fourth-order valence-electron chi connectivity index (χ4n) is 2.41. The van der Waals surface area contributed by atoms with E-state index < -0.39 is 11.9 Å². The van der Waals surface area contributed by atoms with E-state index in [4.69, 9.17) is 16.3 Å². The lowest BCUT2D eigenvalue weighted by molar-refractivity contribution is -0.130. The number of anilines is 1. The van der Waals surface area contributed by atoms with Crippen LogP contribution in [0.2, 0.25) is 5.02 Å². The van der Waals surface area contributed by atoms with Crippen LogP contribution >= 0.6 is 11.6 Å². The number of likely N-dealkylation sites (N-methyl/N-ethyl adjacent to an activating group) is 1. The van der Waals surface area contributed by atoms with Gasteiger partial charge in [-0.3, -0.25) is 10.1 Å². The normalized spacial score (nSPS) is 10.5. The number of hydrogen-bond acceptors (Lipinski definition) is 4. The summed E-state index contributed by atoms with van der Waals surface area (Å²) in [6.07, 6.45) is 1.54. The number of hydrogen-bond donors (Lipinski definition) is 1. The summed E-state index contributed by atoms with van der Waals surface area (Å²) < 4.78 is 18.5. The quantitative estimate of drug-likeness (QED) is 0.749. The molecule has 28 heavy (non-hydrogen) atoms. The van der Waals surface area contributed by atoms with E-state index in [1.54, 1.807) is 31.4 Å². The first-order valence-electron chi connectivity index (χ1n) is 8.82. The molecule has 0 aliphatic carbocycles. The Bertz CT molecular complexity index is 861. The van der Waals surface area contributed by atoms with Gasteiger partial charge in [0.1, 0.15) is 18.2 Å². The molecular weight excluding hydrogens is 385 g/mol. The van der Waals surface area contributed by atoms with Crippen molar-refractivity contribution < 1.29 is 18.7 Å². The minimum Gasteiger partial charge on any atom is -0.447 e. The van der Waals surface area contributed by atoms with Crippen molar-refractivity contribution in [1.29, 1.82) is 0 Å². The number of amides is 2. The van der Waals surface area contributed by atoms with Crippen molar-refractivity contribution in [2.45, 2.75) is 26.7 Å². The van der Waals surface area contributed by atoms with Crippen LogP contribution < -0.4 is 5.32 Å². The molecule has 0 radical (unpaired) electrons. The van der Waals surface area contributed by atoms with Gasteiger partial charge in [0, 0.05) is 19.7 Å². The highest BCUT2D eigenvalue weighted by atomic mass is 35.5. The average molecular weight is 408 g/mol. The molecule has 2 rings (SSSR count). The van der Waals surface area contributed by atoms with Gasteiger partial charge < -0.3 is 9.64 Å². The van der Waals surface area contributed by atoms with E-state index in [1.807, 2.05) is 13.8 Å². The number of rotatable bonds is 7. The molecule has 8 heteroatoms. The molecule has 0 spiro atoms. The molecule has 2 aromatic rings. The van der Waals surface area contributed by atoms with Crippen molar-refractivity contribution in [2.24, 2.45) is 0 Å². The van der Waals surface area contributed by atoms with E-state index in [9.17, 15) is 14.0 Å². The number of carbonyl (C=O) groups is 2. The molecule has 6 nitrogen and oxygen atoms in total. The second-order valence-corrected chi connectivity index (χ2v) is 6.82. The molecule has 0 saturated carbocycles. The van der Waals surface area contributed by atoms with Crippen LogP contribution in [0.25, 0.3) is 0 Å². The molecule has 0 saturated heterocycles. The molecule has 0 fully saturated rings. The Morgan fingerprint density at radius 3 is 2.75 bits per heavy atom. The first-order chi connectivity index (χ1) is 13.3. The molecule has 0 unspecified atom stereocenters. The molecule has 1 aromatic carbocycles. The summed E-state index contributed by atoms with van der Waals surface area (Å²) in [5.41, 5.74) is 2.62. The van der Waals surface area contributed by atoms with Crippen molar-refractivity contribution in [1.82, 2.24) is 9.88 Å². The second kappa shape index (κ2) is 10.0. The summed E-state index contributed by atoms with van der Waals surface area (Å²) in [5.74, 6) is -0.248. The van der Waals surface area contributed by atoms with Crippen LogP contribution in [0.4, 0.5) is 15.0 Å². The number of aryl methyl sites for hydroxylation is 3. The number of halogens is 2. The minimum atomic E-state index is -0.636. The van der Waals surface area contributed by atoms with Gasteiger partial charge in [0.15, 0.2) is 0 Å². The zero-order chi connectivity index (χ0) is 20.7. The van der Waals surface area contributed by atoms with Crippen molar-refractivity contribution in [2.75, 3.05) is 25.5 Å². The van der Waals surface area contributed by atoms with Gasteiger partial charge in [-0.1, -0.05) is 23.7 Å². The van der Waals surface area contributed by atoms with Crippen LogP contribution in [0.3, 0.4) is 0 Å². The van der Waals surface area contributed by atoms with E-state index in [0.717, 1.165) is 11.1 Å². The van der Waals surface area contributed by atoms with Crippen molar-refractivity contribution in [3.8, 4) is 0 Å². The third-order valence-electron chi connectivity index (χ3n) is 4.33. The Balaban J connectivity index is 1.72. The maximum Gasteiger partial charge on any atom is 0.412 e. The summed E-state index contributed by atoms with van der Waals surface area (Å²) in [6.45, 7) is 4.13. The zero-order valence-corrected chi connectivity index (χ0v) is 16.8. The zero-order valence-electron chi connectivity index (χ0n) is 16.1. The Kier molecular flexibility index (Phi) is 7.75.